The molecule has 68 valence electrons. The molecule has 0 N–H and O–H groups in total. The van der Waals surface area contributed by atoms with E-state index in [1.165, 1.54) is 57.8 Å². The SMILES string of the molecule is C1=C2/CCCCC(CCCC/1)C2. The molecule has 0 heteroatoms. The summed E-state index contributed by atoms with van der Waals surface area (Å²) < 4.78 is 0. The molecule has 0 heterocycles. The van der Waals surface area contributed by atoms with Crippen LogP contribution in [-0.2, 0) is 0 Å². The average Bonchev–Trinajstić information content (AvgIpc) is 2.25. The van der Waals surface area contributed by atoms with Crippen molar-refractivity contribution in [1.82, 2.24) is 0 Å². The molecule has 0 aromatic carbocycles. The highest BCUT2D eigenvalue weighted by Crippen LogP contribution is 2.32. The van der Waals surface area contributed by atoms with Crippen molar-refractivity contribution >= 4 is 0 Å². The number of hydrogen-bond donors (Lipinski definition) is 0. The molecule has 1 saturated carbocycles. The number of hydrogen-bond acceptors (Lipinski definition) is 0. The van der Waals surface area contributed by atoms with Crippen molar-refractivity contribution in [3.63, 3.8) is 0 Å². The maximum atomic E-state index is 2.54. The lowest BCUT2D eigenvalue weighted by molar-refractivity contribution is 0.424. The molecule has 1 atom stereocenters. The molecule has 1 fully saturated rings. The zero-order valence-electron chi connectivity index (χ0n) is 8.02. The van der Waals surface area contributed by atoms with Crippen LogP contribution in [0.15, 0.2) is 11.6 Å². The monoisotopic (exact) mass is 164 g/mol. The molecule has 12 heavy (non-hydrogen) atoms. The largest absolute Gasteiger partial charge is 0.0853 e. The van der Waals surface area contributed by atoms with Crippen LogP contribution in [0, 0.1) is 5.92 Å². The Bertz CT molecular complexity index is 167. The highest BCUT2D eigenvalue weighted by atomic mass is 14.2. The third kappa shape index (κ3) is 2.12. The van der Waals surface area contributed by atoms with Crippen molar-refractivity contribution in [2.45, 2.75) is 57.8 Å². The second-order valence-electron chi connectivity index (χ2n) is 4.46. The van der Waals surface area contributed by atoms with Crippen molar-refractivity contribution in [3.8, 4) is 0 Å². The lowest BCUT2D eigenvalue weighted by Gasteiger charge is -2.17. The minimum atomic E-state index is 1.05. The van der Waals surface area contributed by atoms with Crippen LogP contribution in [0.3, 0.4) is 0 Å². The third-order valence-electron chi connectivity index (χ3n) is 3.41. The smallest absolute Gasteiger partial charge is 0.0292 e. The Kier molecular flexibility index (Phi) is 2.86. The lowest BCUT2D eigenvalue weighted by Crippen LogP contribution is -2.01. The number of fused-ring (bicyclic) bond motifs is 2. The van der Waals surface area contributed by atoms with Gasteiger partial charge in [-0.25, -0.2) is 0 Å². The normalized spacial score (nSPS) is 35.7. The van der Waals surface area contributed by atoms with Crippen LogP contribution in [-0.4, -0.2) is 0 Å². The van der Waals surface area contributed by atoms with E-state index in [0.717, 1.165) is 5.92 Å². The van der Waals surface area contributed by atoms with Crippen LogP contribution in [0.4, 0.5) is 0 Å². The summed E-state index contributed by atoms with van der Waals surface area (Å²) in [6.07, 6.45) is 15.7. The van der Waals surface area contributed by atoms with Crippen molar-refractivity contribution < 1.29 is 0 Å². The van der Waals surface area contributed by atoms with E-state index in [1.807, 2.05) is 0 Å². The van der Waals surface area contributed by atoms with E-state index in [1.54, 1.807) is 5.57 Å². The molecular weight excluding hydrogens is 144 g/mol. The van der Waals surface area contributed by atoms with E-state index >= 15 is 0 Å². The summed E-state index contributed by atoms with van der Waals surface area (Å²) in [7, 11) is 0. The summed E-state index contributed by atoms with van der Waals surface area (Å²) >= 11 is 0. The average molecular weight is 164 g/mol. The molecule has 0 saturated heterocycles. The highest BCUT2D eigenvalue weighted by molar-refractivity contribution is 5.05. The van der Waals surface area contributed by atoms with Gasteiger partial charge in [0.2, 0.25) is 0 Å². The van der Waals surface area contributed by atoms with Crippen LogP contribution >= 0.6 is 0 Å². The van der Waals surface area contributed by atoms with Gasteiger partial charge in [0, 0.05) is 0 Å². The Hall–Kier alpha value is -0.260. The van der Waals surface area contributed by atoms with E-state index in [9.17, 15) is 0 Å². The molecular formula is C12H20. The van der Waals surface area contributed by atoms with E-state index < -0.39 is 0 Å². The summed E-state index contributed by atoms with van der Waals surface area (Å²) in [6, 6.07) is 0. The first-order chi connectivity index (χ1) is 5.95. The van der Waals surface area contributed by atoms with Gasteiger partial charge in [0.1, 0.15) is 0 Å². The van der Waals surface area contributed by atoms with Crippen LogP contribution in [0.5, 0.6) is 0 Å². The van der Waals surface area contributed by atoms with Crippen LogP contribution in [0.2, 0.25) is 0 Å². The molecule has 0 aromatic heterocycles. The number of rotatable bonds is 0. The summed E-state index contributed by atoms with van der Waals surface area (Å²) in [5, 5.41) is 0. The summed E-state index contributed by atoms with van der Waals surface area (Å²) in [6.45, 7) is 0. The van der Waals surface area contributed by atoms with Crippen LogP contribution in [0.1, 0.15) is 57.8 Å². The quantitative estimate of drug-likeness (QED) is 0.473. The second kappa shape index (κ2) is 4.11. The predicted molar refractivity (Wildman–Crippen MR) is 53.1 cm³/mol. The van der Waals surface area contributed by atoms with Gasteiger partial charge >= 0.3 is 0 Å². The molecule has 0 aliphatic heterocycles. The van der Waals surface area contributed by atoms with E-state index in [0.29, 0.717) is 0 Å². The molecule has 0 radical (unpaired) electrons. The Labute approximate surface area is 76.1 Å². The molecule has 2 rings (SSSR count). The first kappa shape index (κ1) is 8.34. The molecule has 2 aliphatic rings. The van der Waals surface area contributed by atoms with Crippen LogP contribution < -0.4 is 0 Å². The van der Waals surface area contributed by atoms with Gasteiger partial charge in [0.05, 0.1) is 0 Å². The maximum absolute atomic E-state index is 2.54. The molecule has 2 aliphatic carbocycles. The van der Waals surface area contributed by atoms with Gasteiger partial charge in [-0.3, -0.25) is 0 Å². The fourth-order valence-electron chi connectivity index (χ4n) is 2.68. The minimum Gasteiger partial charge on any atom is -0.0853 e. The zero-order chi connectivity index (χ0) is 8.23. The second-order valence-corrected chi connectivity index (χ2v) is 4.46. The maximum Gasteiger partial charge on any atom is -0.0292 e. The lowest BCUT2D eigenvalue weighted by atomic mass is 9.89. The van der Waals surface area contributed by atoms with Gasteiger partial charge in [-0.05, 0) is 38.0 Å². The van der Waals surface area contributed by atoms with Crippen molar-refractivity contribution in [2.75, 3.05) is 0 Å². The van der Waals surface area contributed by atoms with Gasteiger partial charge in [0.25, 0.3) is 0 Å². The van der Waals surface area contributed by atoms with E-state index in [2.05, 4.69) is 6.08 Å². The first-order valence-electron chi connectivity index (χ1n) is 5.63. The molecule has 2 bridgehead atoms. The first-order valence-corrected chi connectivity index (χ1v) is 5.63. The van der Waals surface area contributed by atoms with Gasteiger partial charge in [0.15, 0.2) is 0 Å². The summed E-state index contributed by atoms with van der Waals surface area (Å²) in [5.41, 5.74) is 1.79. The summed E-state index contributed by atoms with van der Waals surface area (Å²) in [4.78, 5) is 0. The Morgan fingerprint density at radius 2 is 1.83 bits per heavy atom. The Balaban J connectivity index is 2.05. The fourth-order valence-corrected chi connectivity index (χ4v) is 2.68. The van der Waals surface area contributed by atoms with Crippen molar-refractivity contribution in [3.05, 3.63) is 11.6 Å². The highest BCUT2D eigenvalue weighted by Gasteiger charge is 2.16. The van der Waals surface area contributed by atoms with Crippen molar-refractivity contribution in [1.29, 1.82) is 0 Å². The third-order valence-corrected chi connectivity index (χ3v) is 3.41. The van der Waals surface area contributed by atoms with Gasteiger partial charge < -0.3 is 0 Å². The Morgan fingerprint density at radius 3 is 2.75 bits per heavy atom. The zero-order valence-corrected chi connectivity index (χ0v) is 8.02. The topological polar surface area (TPSA) is 0 Å². The fraction of sp³-hybridized carbons (Fsp3) is 0.833. The molecule has 0 nitrogen and oxygen atoms in total. The standard InChI is InChI=1S/C12H20/c1-2-6-11-8-4-5-9-12(10-11)7-3-1/h6,12H,1-5,7-10H2/b11-6-. The predicted octanol–water partition coefficient (Wildman–Crippen LogP) is 4.07. The molecule has 0 amide bonds. The van der Waals surface area contributed by atoms with Gasteiger partial charge in [-0.1, -0.05) is 37.3 Å². The van der Waals surface area contributed by atoms with Crippen molar-refractivity contribution in [2.24, 2.45) is 5.92 Å². The molecule has 0 aromatic rings. The number of allylic oxidation sites excluding steroid dienone is 2. The van der Waals surface area contributed by atoms with E-state index in [4.69, 9.17) is 0 Å². The Morgan fingerprint density at radius 1 is 1.00 bits per heavy atom. The molecule has 1 unspecified atom stereocenters. The minimum absolute atomic E-state index is 1.05. The molecule has 0 spiro atoms. The summed E-state index contributed by atoms with van der Waals surface area (Å²) in [5.74, 6) is 1.05. The van der Waals surface area contributed by atoms with Gasteiger partial charge in [-0.15, -0.1) is 0 Å². The van der Waals surface area contributed by atoms with Gasteiger partial charge in [-0.2, -0.15) is 0 Å². The van der Waals surface area contributed by atoms with Crippen LogP contribution in [0.25, 0.3) is 0 Å². The van der Waals surface area contributed by atoms with E-state index in [-0.39, 0.29) is 0 Å².